The second-order valence-corrected chi connectivity index (χ2v) is 27.1. The number of nitrogens with one attached hydrogen (secondary N) is 4. The van der Waals surface area contributed by atoms with Crippen molar-refractivity contribution in [3.05, 3.63) is 12.2 Å². The molecule has 25 nitrogen and oxygen atoms in total. The summed E-state index contributed by atoms with van der Waals surface area (Å²) in [7, 11) is 12.7. The summed E-state index contributed by atoms with van der Waals surface area (Å²) >= 11 is 0. The van der Waals surface area contributed by atoms with Gasteiger partial charge in [-0.25, -0.2) is 0 Å². The van der Waals surface area contributed by atoms with E-state index in [4.69, 9.17) is 9.47 Å². The van der Waals surface area contributed by atoms with Crippen molar-refractivity contribution in [1.82, 2.24) is 55.6 Å². The molecular formula is C66H119N11O14. The fourth-order valence-electron chi connectivity index (χ4n) is 11.6. The average molecular weight is 1290 g/mol. The lowest BCUT2D eigenvalue weighted by Gasteiger charge is -2.41. The SMILES string of the molecule is C/C=C/C[C@@H](C)[C@@H](O)[C@H]1C(=O)N[C@@H](CC)C(=O)N(C)[C@H](C)C(=O)N(C)[C@@H](C(COC)COC)C(=O)N[C@@H](C(C)C)C(=O)N(C)[C@@H](CCC(C)C)C(=O)N[C@@H](C)C(=O)N[C@H](C)C(=O)N(C)[C@@H](CC(C)C)C(=O)N(C)[C@@H](CCC(C)C)C(=O)N(C)[C@@H](C(C)C)C(=O)N1C. The molecule has 0 bridgehead atoms. The number of ether oxygens (including phenoxy) is 2. The van der Waals surface area contributed by atoms with Gasteiger partial charge >= 0.3 is 0 Å². The summed E-state index contributed by atoms with van der Waals surface area (Å²) in [4.78, 5) is 171. The Morgan fingerprint density at radius 3 is 1.41 bits per heavy atom. The van der Waals surface area contributed by atoms with Crippen molar-refractivity contribution in [3.8, 4) is 0 Å². The summed E-state index contributed by atoms with van der Waals surface area (Å²) in [5.74, 6) is -10.5. The molecule has 1 aliphatic rings. The van der Waals surface area contributed by atoms with Crippen LogP contribution in [0.1, 0.15) is 156 Å². The number of carbonyl (C=O) groups is 11. The largest absolute Gasteiger partial charge is 0.390 e. The molecule has 0 aromatic carbocycles. The Kier molecular flexibility index (Phi) is 35.2. The summed E-state index contributed by atoms with van der Waals surface area (Å²) in [6.45, 7) is 27.7. The zero-order chi connectivity index (χ0) is 70.4. The van der Waals surface area contributed by atoms with Gasteiger partial charge in [0.25, 0.3) is 0 Å². The molecule has 1 fully saturated rings. The fourth-order valence-corrected chi connectivity index (χ4v) is 11.6. The zero-order valence-corrected chi connectivity index (χ0v) is 59.9. The van der Waals surface area contributed by atoms with Crippen LogP contribution in [0.25, 0.3) is 0 Å². The number of allylic oxidation sites excluding steroid dienone is 2. The molecule has 0 saturated carbocycles. The molecule has 0 aliphatic carbocycles. The van der Waals surface area contributed by atoms with Crippen LogP contribution in [0, 0.1) is 41.4 Å². The molecule has 0 radical (unpaired) electrons. The number of aliphatic hydroxyl groups excluding tert-OH is 1. The molecule has 0 aromatic heterocycles. The van der Waals surface area contributed by atoms with Gasteiger partial charge in [0.05, 0.1) is 19.3 Å². The second-order valence-electron chi connectivity index (χ2n) is 27.1. The number of carbonyl (C=O) groups excluding carboxylic acids is 11. The number of methoxy groups -OCH3 is 2. The van der Waals surface area contributed by atoms with Crippen molar-refractivity contribution in [2.24, 2.45) is 41.4 Å². The summed E-state index contributed by atoms with van der Waals surface area (Å²) in [5, 5.41) is 23.2. The van der Waals surface area contributed by atoms with Crippen LogP contribution in [-0.4, -0.2) is 254 Å². The van der Waals surface area contributed by atoms with Crippen molar-refractivity contribution in [2.45, 2.75) is 228 Å². The van der Waals surface area contributed by atoms with E-state index < -0.39 is 161 Å². The summed E-state index contributed by atoms with van der Waals surface area (Å²) < 4.78 is 11.1. The molecule has 11 amide bonds. The number of rotatable bonds is 20. The van der Waals surface area contributed by atoms with Gasteiger partial charge in [0.1, 0.15) is 66.5 Å². The number of hydrogen-bond donors (Lipinski definition) is 5. The highest BCUT2D eigenvalue weighted by Crippen LogP contribution is 2.26. The minimum atomic E-state index is -1.64. The van der Waals surface area contributed by atoms with Gasteiger partial charge in [-0.3, -0.25) is 52.7 Å². The molecule has 1 saturated heterocycles. The van der Waals surface area contributed by atoms with Gasteiger partial charge in [-0.1, -0.05) is 95.2 Å². The molecule has 0 aromatic rings. The van der Waals surface area contributed by atoms with E-state index >= 15 is 14.4 Å². The maximum absolute atomic E-state index is 15.3. The molecule has 0 spiro atoms. The highest BCUT2D eigenvalue weighted by Gasteiger charge is 2.46. The van der Waals surface area contributed by atoms with Crippen molar-refractivity contribution in [2.75, 3.05) is 76.8 Å². The normalized spacial score (nSPS) is 26.7. The topological polar surface area (TPSA) is 297 Å². The Hall–Kier alpha value is -6.21. The molecular weight excluding hydrogens is 1170 g/mol. The number of likely N-dealkylation sites (N-methyl/N-ethyl adjacent to an activating group) is 7. The van der Waals surface area contributed by atoms with Crippen LogP contribution < -0.4 is 21.3 Å². The van der Waals surface area contributed by atoms with E-state index in [9.17, 15) is 43.5 Å². The standard InChI is InChI=1S/C66H119N11O14/c1-26-28-29-42(13)55(78)54-59(82)69-47(27-2)62(85)71(17)45(16)61(84)76(22)53(46(35-90-24)36-91-25)58(81)70-51(40(9)10)65(88)72(18)48(32-30-37(3)4)57(80)67-43(14)56(79)68-44(15)60(83)74(20)50(34-39(7)8)64(87)73(19)49(33-31-38(5)6)63(86)75(21)52(41(11)12)66(89)77(54)23/h26,28,37-55,78H,27,29-36H2,1-25H3,(H,67,80)(H,68,79)(H,69,82)(H,70,81)/b28-26+/t42-,43+,44-,45-,47+,48+,49+,50+,51+,52+,53+,54+,55-/m1/s1. The predicted octanol–water partition coefficient (Wildman–Crippen LogP) is 3.30. The number of amides is 11. The smallest absolute Gasteiger partial charge is 0.246 e. The first-order chi connectivity index (χ1) is 42.2. The van der Waals surface area contributed by atoms with Gasteiger partial charge in [0.15, 0.2) is 0 Å². The maximum atomic E-state index is 15.3. The van der Waals surface area contributed by atoms with Crippen molar-refractivity contribution in [1.29, 1.82) is 0 Å². The summed E-state index contributed by atoms with van der Waals surface area (Å²) in [6.07, 6.45) is 3.75. The Balaban J connectivity index is 4.49. The lowest BCUT2D eigenvalue weighted by molar-refractivity contribution is -0.157. The Labute approximate surface area is 544 Å². The third kappa shape index (κ3) is 23.1. The van der Waals surface area contributed by atoms with Crippen molar-refractivity contribution < 1.29 is 67.3 Å². The van der Waals surface area contributed by atoms with Crippen molar-refractivity contribution in [3.63, 3.8) is 0 Å². The van der Waals surface area contributed by atoms with Crippen LogP contribution in [0.4, 0.5) is 0 Å². The molecule has 1 aliphatic heterocycles. The fraction of sp³-hybridized carbons (Fsp3) is 0.803. The van der Waals surface area contributed by atoms with Crippen LogP contribution in [0.3, 0.4) is 0 Å². The molecule has 0 unspecified atom stereocenters. The van der Waals surface area contributed by atoms with Gasteiger partial charge in [0.2, 0.25) is 65.0 Å². The molecule has 25 heteroatoms. The minimum absolute atomic E-state index is 0.0149. The van der Waals surface area contributed by atoms with Gasteiger partial charge in [-0.15, -0.1) is 0 Å². The van der Waals surface area contributed by atoms with Crippen LogP contribution in [0.2, 0.25) is 0 Å². The van der Waals surface area contributed by atoms with Crippen LogP contribution in [0.5, 0.6) is 0 Å². The third-order valence-electron chi connectivity index (χ3n) is 17.6. The Bertz CT molecular complexity index is 2450. The third-order valence-corrected chi connectivity index (χ3v) is 17.6. The van der Waals surface area contributed by atoms with Gasteiger partial charge in [0, 0.05) is 69.5 Å². The molecule has 13 atom stereocenters. The predicted molar refractivity (Wildman–Crippen MR) is 350 cm³/mol. The van der Waals surface area contributed by atoms with Crippen LogP contribution in [-0.2, 0) is 62.2 Å². The van der Waals surface area contributed by atoms with Gasteiger partial charge in [-0.2, -0.15) is 0 Å². The number of nitrogens with zero attached hydrogens (tertiary/aromatic N) is 7. The number of aliphatic hydroxyl groups is 1. The van der Waals surface area contributed by atoms with E-state index in [0.29, 0.717) is 19.3 Å². The summed E-state index contributed by atoms with van der Waals surface area (Å²) in [6, 6.07) is -14.2. The minimum Gasteiger partial charge on any atom is -0.390 e. The second kappa shape index (κ2) is 38.7. The van der Waals surface area contributed by atoms with Gasteiger partial charge < -0.3 is 70.1 Å². The first-order valence-electron chi connectivity index (χ1n) is 32.6. The molecule has 1 heterocycles. The number of hydrogen-bond acceptors (Lipinski definition) is 14. The quantitative estimate of drug-likeness (QED) is 0.109. The Morgan fingerprint density at radius 2 is 0.934 bits per heavy atom. The Morgan fingerprint density at radius 1 is 0.473 bits per heavy atom. The van der Waals surface area contributed by atoms with E-state index in [-0.39, 0.29) is 56.7 Å². The average Bonchev–Trinajstić information content (AvgIpc) is 0.951. The van der Waals surface area contributed by atoms with Crippen LogP contribution >= 0.6 is 0 Å². The van der Waals surface area contributed by atoms with E-state index in [2.05, 4.69) is 21.3 Å². The first kappa shape index (κ1) is 82.8. The zero-order valence-electron chi connectivity index (χ0n) is 59.9. The monoisotopic (exact) mass is 1290 g/mol. The van der Waals surface area contributed by atoms with Gasteiger partial charge in [-0.05, 0) is 108 Å². The summed E-state index contributed by atoms with van der Waals surface area (Å²) in [5.41, 5.74) is 0. The van der Waals surface area contributed by atoms with E-state index in [1.54, 1.807) is 60.6 Å². The van der Waals surface area contributed by atoms with E-state index in [0.717, 1.165) is 14.7 Å². The lowest BCUT2D eigenvalue weighted by atomic mass is 9.91. The maximum Gasteiger partial charge on any atom is 0.246 e. The van der Waals surface area contributed by atoms with E-state index in [1.165, 1.54) is 104 Å². The highest BCUT2D eigenvalue weighted by molar-refractivity contribution is 6.00. The van der Waals surface area contributed by atoms with E-state index in [1.807, 2.05) is 41.5 Å². The lowest BCUT2D eigenvalue weighted by Crippen LogP contribution is -2.64. The highest BCUT2D eigenvalue weighted by atomic mass is 16.5. The molecule has 522 valence electrons. The van der Waals surface area contributed by atoms with Crippen molar-refractivity contribution >= 4 is 65.0 Å². The van der Waals surface area contributed by atoms with Crippen LogP contribution in [0.15, 0.2) is 12.2 Å². The molecule has 91 heavy (non-hydrogen) atoms. The first-order valence-corrected chi connectivity index (χ1v) is 32.6. The molecule has 1 rings (SSSR count). The molecule has 5 N–H and O–H groups in total.